The predicted molar refractivity (Wildman–Crippen MR) is 63.8 cm³/mol. The van der Waals surface area contributed by atoms with Gasteiger partial charge in [-0.15, -0.1) is 0 Å². The zero-order valence-corrected chi connectivity index (χ0v) is 10.9. The Hall–Kier alpha value is -0.210. The maximum Gasteiger partial charge on any atom is 0.150 e. The van der Waals surface area contributed by atoms with Crippen molar-refractivity contribution in [3.05, 3.63) is 33.1 Å². The van der Waals surface area contributed by atoms with Crippen LogP contribution in [0.15, 0.2) is 18.2 Å². The molecule has 0 radical (unpaired) electrons. The lowest BCUT2D eigenvalue weighted by atomic mass is 10.1. The molecule has 15 heavy (non-hydrogen) atoms. The molecule has 84 valence electrons. The second kappa shape index (κ2) is 4.75. The van der Waals surface area contributed by atoms with Crippen molar-refractivity contribution in [2.24, 2.45) is 0 Å². The highest BCUT2D eigenvalue weighted by Gasteiger charge is 2.17. The Balaban J connectivity index is 3.00. The van der Waals surface area contributed by atoms with Crippen molar-refractivity contribution in [1.82, 2.24) is 0 Å². The van der Waals surface area contributed by atoms with Gasteiger partial charge in [-0.3, -0.25) is 0 Å². The highest BCUT2D eigenvalue weighted by Crippen LogP contribution is 2.22. The number of aliphatic hydroxyl groups is 1. The molecule has 1 rings (SSSR count). The quantitative estimate of drug-likeness (QED) is 0.846. The summed E-state index contributed by atoms with van der Waals surface area (Å²) in [5, 5.41) is 9.61. The van der Waals surface area contributed by atoms with Crippen molar-refractivity contribution in [3.63, 3.8) is 0 Å². The van der Waals surface area contributed by atoms with Gasteiger partial charge in [-0.05, 0) is 46.4 Å². The molecule has 0 saturated heterocycles. The molecule has 0 aliphatic carbocycles. The van der Waals surface area contributed by atoms with Crippen molar-refractivity contribution in [1.29, 1.82) is 0 Å². The summed E-state index contributed by atoms with van der Waals surface area (Å²) in [6, 6.07) is 3.91. The van der Waals surface area contributed by atoms with Gasteiger partial charge in [-0.25, -0.2) is 12.8 Å². The minimum Gasteiger partial charge on any atom is -0.387 e. The van der Waals surface area contributed by atoms with Crippen LogP contribution in [-0.2, 0) is 9.84 Å². The Morgan fingerprint density at radius 3 is 2.67 bits per heavy atom. The molecule has 1 N–H and O–H groups in total. The second-order valence-electron chi connectivity index (χ2n) is 3.27. The van der Waals surface area contributed by atoms with Crippen LogP contribution in [0.5, 0.6) is 0 Å². The van der Waals surface area contributed by atoms with E-state index in [1.54, 1.807) is 0 Å². The second-order valence-corrected chi connectivity index (χ2v) is 6.62. The van der Waals surface area contributed by atoms with E-state index in [2.05, 4.69) is 0 Å². The number of rotatable bonds is 3. The van der Waals surface area contributed by atoms with Gasteiger partial charge >= 0.3 is 0 Å². The van der Waals surface area contributed by atoms with Crippen LogP contribution < -0.4 is 0 Å². The number of aliphatic hydroxyl groups excluding tert-OH is 1. The van der Waals surface area contributed by atoms with Gasteiger partial charge < -0.3 is 5.11 Å². The Labute approximate surface area is 101 Å². The SMILES string of the molecule is CS(=O)(=O)CC(O)c1cc(F)ccc1I. The lowest BCUT2D eigenvalue weighted by Crippen LogP contribution is -2.14. The topological polar surface area (TPSA) is 54.4 Å². The zero-order chi connectivity index (χ0) is 11.6. The first-order valence-electron chi connectivity index (χ1n) is 4.10. The van der Waals surface area contributed by atoms with Crippen LogP contribution in [0.1, 0.15) is 11.7 Å². The highest BCUT2D eigenvalue weighted by atomic mass is 127. The molecule has 3 nitrogen and oxygen atoms in total. The van der Waals surface area contributed by atoms with E-state index in [-0.39, 0.29) is 0 Å². The van der Waals surface area contributed by atoms with E-state index in [0.29, 0.717) is 9.13 Å². The molecule has 0 heterocycles. The van der Waals surface area contributed by atoms with E-state index < -0.39 is 27.5 Å². The summed E-state index contributed by atoms with van der Waals surface area (Å²) in [5.41, 5.74) is 0.307. The Bertz CT molecular complexity index is 458. The van der Waals surface area contributed by atoms with Crippen molar-refractivity contribution < 1.29 is 17.9 Å². The van der Waals surface area contributed by atoms with Gasteiger partial charge in [0.15, 0.2) is 0 Å². The summed E-state index contributed by atoms with van der Waals surface area (Å²) >= 11 is 1.92. The van der Waals surface area contributed by atoms with Crippen LogP contribution >= 0.6 is 22.6 Å². The number of sulfone groups is 1. The first-order valence-corrected chi connectivity index (χ1v) is 7.24. The molecule has 0 aliphatic rings. The third-order valence-corrected chi connectivity index (χ3v) is 3.68. The van der Waals surface area contributed by atoms with Gasteiger partial charge in [0.25, 0.3) is 0 Å². The number of hydrogen-bond acceptors (Lipinski definition) is 3. The van der Waals surface area contributed by atoms with Crippen molar-refractivity contribution in [3.8, 4) is 0 Å². The third-order valence-electron chi connectivity index (χ3n) is 1.78. The molecule has 1 unspecified atom stereocenters. The van der Waals surface area contributed by atoms with Crippen molar-refractivity contribution in [2.45, 2.75) is 6.10 Å². The first kappa shape index (κ1) is 12.9. The molecule has 1 aromatic rings. The van der Waals surface area contributed by atoms with Crippen LogP contribution in [0.3, 0.4) is 0 Å². The van der Waals surface area contributed by atoms with E-state index in [0.717, 1.165) is 12.3 Å². The lowest BCUT2D eigenvalue weighted by molar-refractivity contribution is 0.200. The molecule has 6 heteroatoms. The highest BCUT2D eigenvalue weighted by molar-refractivity contribution is 14.1. The fourth-order valence-electron chi connectivity index (χ4n) is 1.15. The standard InChI is InChI=1S/C9H10FIO3S/c1-15(13,14)5-9(12)7-4-6(10)2-3-8(7)11/h2-4,9,12H,5H2,1H3. The molecule has 1 aromatic carbocycles. The fraction of sp³-hybridized carbons (Fsp3) is 0.333. The largest absolute Gasteiger partial charge is 0.387 e. The number of halogens is 2. The van der Waals surface area contributed by atoms with Gasteiger partial charge in [0.2, 0.25) is 0 Å². The normalized spacial score (nSPS) is 13.9. The molecular weight excluding hydrogens is 334 g/mol. The van der Waals surface area contributed by atoms with Crippen LogP contribution in [0.25, 0.3) is 0 Å². The molecule has 1 atom stereocenters. The predicted octanol–water partition coefficient (Wildman–Crippen LogP) is 1.51. The molecule has 0 bridgehead atoms. The summed E-state index contributed by atoms with van der Waals surface area (Å²) in [6.45, 7) is 0. The van der Waals surface area contributed by atoms with E-state index in [9.17, 15) is 17.9 Å². The van der Waals surface area contributed by atoms with Gasteiger partial charge in [0.1, 0.15) is 15.7 Å². The average Bonchev–Trinajstić information content (AvgIpc) is 2.06. The van der Waals surface area contributed by atoms with Crippen molar-refractivity contribution >= 4 is 32.4 Å². The zero-order valence-electron chi connectivity index (χ0n) is 7.94. The minimum absolute atomic E-state index is 0.307. The summed E-state index contributed by atoms with van der Waals surface area (Å²) < 4.78 is 35.4. The Kier molecular flexibility index (Phi) is 4.07. The monoisotopic (exact) mass is 344 g/mol. The molecule has 0 spiro atoms. The number of benzene rings is 1. The van der Waals surface area contributed by atoms with Crippen LogP contribution in [-0.4, -0.2) is 25.5 Å². The molecule has 0 fully saturated rings. The maximum absolute atomic E-state index is 12.9. The van der Waals surface area contributed by atoms with Gasteiger partial charge in [0, 0.05) is 9.83 Å². The Morgan fingerprint density at radius 2 is 2.13 bits per heavy atom. The Morgan fingerprint density at radius 1 is 1.53 bits per heavy atom. The van der Waals surface area contributed by atoms with E-state index >= 15 is 0 Å². The van der Waals surface area contributed by atoms with Gasteiger partial charge in [-0.1, -0.05) is 0 Å². The smallest absolute Gasteiger partial charge is 0.150 e. The van der Waals surface area contributed by atoms with E-state index in [4.69, 9.17) is 0 Å². The van der Waals surface area contributed by atoms with Crippen LogP contribution in [0.4, 0.5) is 4.39 Å². The van der Waals surface area contributed by atoms with Crippen molar-refractivity contribution in [2.75, 3.05) is 12.0 Å². The van der Waals surface area contributed by atoms with Crippen LogP contribution in [0.2, 0.25) is 0 Å². The summed E-state index contributed by atoms with van der Waals surface area (Å²) in [7, 11) is -3.28. The maximum atomic E-state index is 12.9. The summed E-state index contributed by atoms with van der Waals surface area (Å²) in [4.78, 5) is 0. The molecule has 0 aromatic heterocycles. The minimum atomic E-state index is -3.28. The molecule has 0 aliphatic heterocycles. The van der Waals surface area contributed by atoms with Gasteiger partial charge in [0.05, 0.1) is 11.9 Å². The van der Waals surface area contributed by atoms with Gasteiger partial charge in [-0.2, -0.15) is 0 Å². The summed E-state index contributed by atoms with van der Waals surface area (Å²) in [6.07, 6.45) is -0.148. The van der Waals surface area contributed by atoms with E-state index in [1.165, 1.54) is 12.1 Å². The average molecular weight is 344 g/mol. The molecular formula is C9H10FIO3S. The number of hydrogen-bond donors (Lipinski definition) is 1. The van der Waals surface area contributed by atoms with E-state index in [1.807, 2.05) is 22.6 Å². The molecule has 0 amide bonds. The lowest BCUT2D eigenvalue weighted by Gasteiger charge is -2.11. The first-order chi connectivity index (χ1) is 6.79. The van der Waals surface area contributed by atoms with Crippen LogP contribution in [0, 0.1) is 9.39 Å². The summed E-state index contributed by atoms with van der Waals surface area (Å²) in [5.74, 6) is -0.884. The fourth-order valence-corrected chi connectivity index (χ4v) is 2.59. The third kappa shape index (κ3) is 4.04. The molecule has 0 saturated carbocycles.